The highest BCUT2D eigenvalue weighted by Crippen LogP contribution is 2.33. The molecule has 4 heteroatoms. The number of ether oxygens (including phenoxy) is 2. The number of rotatable bonds is 4. The zero-order valence-corrected chi connectivity index (χ0v) is 19.7. The Hall–Kier alpha value is -4.44. The van der Waals surface area contributed by atoms with E-state index in [0.29, 0.717) is 25.0 Å². The monoisotopic (exact) mass is 468 g/mol. The second-order valence-corrected chi connectivity index (χ2v) is 9.25. The van der Waals surface area contributed by atoms with Crippen LogP contribution < -0.4 is 0 Å². The summed E-state index contributed by atoms with van der Waals surface area (Å²) < 4.78 is 12.2. The van der Waals surface area contributed by atoms with Gasteiger partial charge in [0.1, 0.15) is 25.3 Å². The standard InChI is InChI=1S/C32H24N2O2/c1-3-9-21(10-4-1)29-19-35-31(33-29)25-15-7-13-23-17-24-14-8-16-26(28(24)18-27(23)25)32-34-30(20-36-32)22-11-5-2-6-12-22/h1-18,29-30H,19-20H2/t29-,30-/m1/s1. The van der Waals surface area contributed by atoms with E-state index in [1.54, 1.807) is 0 Å². The molecule has 7 rings (SSSR count). The average molecular weight is 469 g/mol. The molecule has 0 saturated heterocycles. The number of nitrogens with zero attached hydrogens (tertiary/aromatic N) is 2. The van der Waals surface area contributed by atoms with Crippen molar-refractivity contribution in [1.82, 2.24) is 0 Å². The molecule has 2 aliphatic heterocycles. The van der Waals surface area contributed by atoms with Gasteiger partial charge in [0.15, 0.2) is 0 Å². The van der Waals surface area contributed by atoms with Gasteiger partial charge in [-0.05, 0) is 56.9 Å². The van der Waals surface area contributed by atoms with Crippen LogP contribution in [0.25, 0.3) is 21.5 Å². The molecule has 2 aliphatic rings. The first-order valence-electron chi connectivity index (χ1n) is 12.3. The number of benzene rings is 5. The quantitative estimate of drug-likeness (QED) is 0.266. The first-order chi connectivity index (χ1) is 17.8. The molecule has 0 radical (unpaired) electrons. The summed E-state index contributed by atoms with van der Waals surface area (Å²) in [6.45, 7) is 1.11. The molecular weight excluding hydrogens is 444 g/mol. The first kappa shape index (κ1) is 20.9. The predicted molar refractivity (Wildman–Crippen MR) is 145 cm³/mol. The van der Waals surface area contributed by atoms with Crippen LogP contribution in [0.15, 0.2) is 119 Å². The third-order valence-corrected chi connectivity index (χ3v) is 7.01. The van der Waals surface area contributed by atoms with Gasteiger partial charge in [0.25, 0.3) is 0 Å². The number of fused-ring (bicyclic) bond motifs is 2. The van der Waals surface area contributed by atoms with Crippen LogP contribution in [0.2, 0.25) is 0 Å². The largest absolute Gasteiger partial charge is 0.475 e. The van der Waals surface area contributed by atoms with Crippen LogP contribution in [-0.2, 0) is 9.47 Å². The number of hydrogen-bond acceptors (Lipinski definition) is 4. The van der Waals surface area contributed by atoms with Crippen LogP contribution in [-0.4, -0.2) is 25.0 Å². The van der Waals surface area contributed by atoms with Gasteiger partial charge in [0.2, 0.25) is 11.8 Å². The fourth-order valence-corrected chi connectivity index (χ4v) is 5.16. The lowest BCUT2D eigenvalue weighted by Gasteiger charge is -2.11. The minimum Gasteiger partial charge on any atom is -0.475 e. The highest BCUT2D eigenvalue weighted by atomic mass is 16.5. The van der Waals surface area contributed by atoms with Gasteiger partial charge in [-0.15, -0.1) is 0 Å². The summed E-state index contributed by atoms with van der Waals surface area (Å²) in [6.07, 6.45) is 0. The summed E-state index contributed by atoms with van der Waals surface area (Å²) in [7, 11) is 0. The lowest BCUT2D eigenvalue weighted by atomic mass is 9.96. The molecule has 2 atom stereocenters. The van der Waals surface area contributed by atoms with Crippen molar-refractivity contribution in [2.24, 2.45) is 9.98 Å². The molecule has 0 N–H and O–H groups in total. The summed E-state index contributed by atoms with van der Waals surface area (Å²) >= 11 is 0. The number of aliphatic imine (C=N–C) groups is 2. The smallest absolute Gasteiger partial charge is 0.217 e. The Morgan fingerprint density at radius 2 is 0.972 bits per heavy atom. The molecule has 0 aromatic heterocycles. The summed E-state index contributed by atoms with van der Waals surface area (Å²) in [6, 6.07) is 37.8. The number of hydrogen-bond donors (Lipinski definition) is 0. The molecule has 2 heterocycles. The molecule has 5 aromatic carbocycles. The van der Waals surface area contributed by atoms with E-state index in [1.165, 1.54) is 11.1 Å². The van der Waals surface area contributed by atoms with Gasteiger partial charge in [-0.25, -0.2) is 9.98 Å². The fraction of sp³-hybridized carbons (Fsp3) is 0.125. The van der Waals surface area contributed by atoms with Crippen molar-refractivity contribution in [3.63, 3.8) is 0 Å². The van der Waals surface area contributed by atoms with Gasteiger partial charge in [-0.3, -0.25) is 0 Å². The maximum Gasteiger partial charge on any atom is 0.217 e. The Kier molecular flexibility index (Phi) is 5.02. The van der Waals surface area contributed by atoms with Gasteiger partial charge in [-0.2, -0.15) is 0 Å². The third kappa shape index (κ3) is 3.62. The third-order valence-electron chi connectivity index (χ3n) is 7.01. The Labute approximate surface area is 209 Å². The molecule has 0 unspecified atom stereocenters. The van der Waals surface area contributed by atoms with Crippen molar-refractivity contribution in [2.75, 3.05) is 13.2 Å². The Morgan fingerprint density at radius 3 is 1.44 bits per heavy atom. The van der Waals surface area contributed by atoms with Crippen molar-refractivity contribution in [2.45, 2.75) is 12.1 Å². The zero-order valence-electron chi connectivity index (χ0n) is 19.7. The van der Waals surface area contributed by atoms with E-state index >= 15 is 0 Å². The second-order valence-electron chi connectivity index (χ2n) is 9.25. The molecule has 4 nitrogen and oxygen atoms in total. The minimum atomic E-state index is 0.0173. The van der Waals surface area contributed by atoms with Crippen LogP contribution in [0.3, 0.4) is 0 Å². The van der Waals surface area contributed by atoms with Crippen molar-refractivity contribution >= 4 is 33.3 Å². The molecule has 0 aliphatic carbocycles. The van der Waals surface area contributed by atoms with E-state index in [-0.39, 0.29) is 12.1 Å². The average Bonchev–Trinajstić information content (AvgIpc) is 3.63. The zero-order chi connectivity index (χ0) is 23.9. The molecule has 5 aromatic rings. The normalized spacial score (nSPS) is 19.1. The fourth-order valence-electron chi connectivity index (χ4n) is 5.16. The van der Waals surface area contributed by atoms with Crippen LogP contribution in [0.4, 0.5) is 0 Å². The van der Waals surface area contributed by atoms with E-state index in [9.17, 15) is 0 Å². The Balaban J connectivity index is 1.32. The van der Waals surface area contributed by atoms with Crippen LogP contribution in [0.5, 0.6) is 0 Å². The predicted octanol–water partition coefficient (Wildman–Crippen LogP) is 7.03. The van der Waals surface area contributed by atoms with E-state index in [2.05, 4.69) is 72.8 Å². The highest BCUT2D eigenvalue weighted by molar-refractivity contribution is 6.15. The van der Waals surface area contributed by atoms with E-state index in [1.807, 2.05) is 36.4 Å². The van der Waals surface area contributed by atoms with E-state index in [0.717, 1.165) is 32.7 Å². The lowest BCUT2D eigenvalue weighted by Crippen LogP contribution is -2.04. The maximum atomic E-state index is 6.12. The summed E-state index contributed by atoms with van der Waals surface area (Å²) in [5, 5.41) is 4.54. The minimum absolute atomic E-state index is 0.0173. The van der Waals surface area contributed by atoms with Crippen molar-refractivity contribution in [1.29, 1.82) is 0 Å². The molecule has 0 saturated carbocycles. The van der Waals surface area contributed by atoms with E-state index < -0.39 is 0 Å². The highest BCUT2D eigenvalue weighted by Gasteiger charge is 2.25. The molecule has 36 heavy (non-hydrogen) atoms. The molecule has 174 valence electrons. The van der Waals surface area contributed by atoms with Gasteiger partial charge >= 0.3 is 0 Å². The SMILES string of the molecule is c1ccc([C@H]2COC(c3cccc4cc5cccc(C6=N[C@@H](c7ccccc7)CO6)c5cc34)=N2)cc1. The van der Waals surface area contributed by atoms with Crippen molar-refractivity contribution < 1.29 is 9.47 Å². The van der Waals surface area contributed by atoms with Gasteiger partial charge < -0.3 is 9.47 Å². The molecule has 0 spiro atoms. The first-order valence-corrected chi connectivity index (χ1v) is 12.3. The van der Waals surface area contributed by atoms with Crippen LogP contribution in [0, 0.1) is 0 Å². The molecule has 0 fully saturated rings. The van der Waals surface area contributed by atoms with Crippen LogP contribution >= 0.6 is 0 Å². The van der Waals surface area contributed by atoms with E-state index in [4.69, 9.17) is 19.5 Å². The summed E-state index contributed by atoms with van der Waals surface area (Å²) in [4.78, 5) is 9.90. The van der Waals surface area contributed by atoms with Crippen molar-refractivity contribution in [3.05, 3.63) is 131 Å². The lowest BCUT2D eigenvalue weighted by molar-refractivity contribution is 0.320. The topological polar surface area (TPSA) is 43.2 Å². The molecule has 0 bridgehead atoms. The Bertz CT molecular complexity index is 1520. The summed E-state index contributed by atoms with van der Waals surface area (Å²) in [5.74, 6) is 1.40. The molecule has 0 amide bonds. The van der Waals surface area contributed by atoms with Crippen LogP contribution in [0.1, 0.15) is 34.3 Å². The second kappa shape index (κ2) is 8.65. The molecular formula is C32H24N2O2. The van der Waals surface area contributed by atoms with Gasteiger partial charge in [-0.1, -0.05) is 84.9 Å². The summed E-state index contributed by atoms with van der Waals surface area (Å²) in [5.41, 5.74) is 4.37. The van der Waals surface area contributed by atoms with Gasteiger partial charge in [0.05, 0.1) is 0 Å². The maximum absolute atomic E-state index is 6.12. The van der Waals surface area contributed by atoms with Gasteiger partial charge in [0, 0.05) is 11.1 Å². The van der Waals surface area contributed by atoms with Crippen molar-refractivity contribution in [3.8, 4) is 0 Å². The Morgan fingerprint density at radius 1 is 0.500 bits per heavy atom.